The molecular weight excluding hydrogens is 403 g/mol. The summed E-state index contributed by atoms with van der Waals surface area (Å²) in [7, 11) is 0. The van der Waals surface area contributed by atoms with E-state index in [1.165, 1.54) is 30.3 Å². The third-order valence-electron chi connectivity index (χ3n) is 3.54. The van der Waals surface area contributed by atoms with Crippen molar-refractivity contribution in [3.05, 3.63) is 52.6 Å². The summed E-state index contributed by atoms with van der Waals surface area (Å²) in [6, 6.07) is 7.66. The fourth-order valence-corrected chi connectivity index (χ4v) is 3.57. The van der Waals surface area contributed by atoms with Gasteiger partial charge in [-0.1, -0.05) is 36.1 Å². The lowest BCUT2D eigenvalue weighted by atomic mass is 10.1. The van der Waals surface area contributed by atoms with Crippen molar-refractivity contribution < 1.29 is 32.3 Å². The summed E-state index contributed by atoms with van der Waals surface area (Å²) in [4.78, 5) is 24.1. The van der Waals surface area contributed by atoms with Crippen LogP contribution in [0.5, 0.6) is 0 Å². The summed E-state index contributed by atoms with van der Waals surface area (Å²) >= 11 is 5.91. The Morgan fingerprint density at radius 1 is 1.30 bits per heavy atom. The van der Waals surface area contributed by atoms with Crippen molar-refractivity contribution in [1.29, 1.82) is 0 Å². The molecule has 0 unspecified atom stereocenters. The fraction of sp³-hybridized carbons (Fsp3) is 0.118. The smallest absolute Gasteiger partial charge is 0.416 e. The lowest BCUT2D eigenvalue weighted by molar-refractivity contribution is -0.140. The van der Waals surface area contributed by atoms with E-state index in [4.69, 9.17) is 21.7 Å². The zero-order valence-electron chi connectivity index (χ0n) is 13.3. The van der Waals surface area contributed by atoms with E-state index in [0.717, 1.165) is 28.8 Å². The van der Waals surface area contributed by atoms with Crippen LogP contribution in [-0.4, -0.2) is 32.7 Å². The molecule has 2 heterocycles. The van der Waals surface area contributed by atoms with Gasteiger partial charge in [-0.05, 0) is 24.3 Å². The molecule has 0 atom stereocenters. The first kappa shape index (κ1) is 19.2. The predicted molar refractivity (Wildman–Crippen MR) is 96.7 cm³/mol. The second kappa shape index (κ2) is 7.20. The van der Waals surface area contributed by atoms with Crippen LogP contribution in [0.4, 0.5) is 13.2 Å². The largest absolute Gasteiger partial charge is 0.480 e. The Hall–Kier alpha value is -2.59. The van der Waals surface area contributed by atoms with Crippen molar-refractivity contribution in [1.82, 2.24) is 4.90 Å². The maximum atomic E-state index is 12.8. The highest BCUT2D eigenvalue weighted by atomic mass is 32.2. The van der Waals surface area contributed by atoms with Gasteiger partial charge in [0.1, 0.15) is 22.4 Å². The van der Waals surface area contributed by atoms with Crippen molar-refractivity contribution >= 4 is 46.3 Å². The van der Waals surface area contributed by atoms with Crippen LogP contribution in [0.2, 0.25) is 0 Å². The summed E-state index contributed by atoms with van der Waals surface area (Å²) in [5.74, 6) is -1.33. The number of aliphatic carboxylic acids is 1. The molecule has 1 saturated heterocycles. The molecular formula is C17H10F3NO4S2. The molecule has 0 radical (unpaired) electrons. The molecule has 140 valence electrons. The lowest BCUT2D eigenvalue weighted by Crippen LogP contribution is -2.33. The van der Waals surface area contributed by atoms with Crippen LogP contribution in [0.3, 0.4) is 0 Å². The number of carboxylic acid groups (broad SMARTS) is 1. The van der Waals surface area contributed by atoms with E-state index in [1.807, 2.05) is 0 Å². The molecule has 0 spiro atoms. The van der Waals surface area contributed by atoms with E-state index in [9.17, 15) is 22.8 Å². The highest BCUT2D eigenvalue weighted by Crippen LogP contribution is 2.35. The van der Waals surface area contributed by atoms with Crippen molar-refractivity contribution in [2.75, 3.05) is 6.54 Å². The predicted octanol–water partition coefficient (Wildman–Crippen LogP) is 4.25. The van der Waals surface area contributed by atoms with Crippen LogP contribution in [0.25, 0.3) is 17.4 Å². The fourth-order valence-electron chi connectivity index (χ4n) is 2.34. The zero-order valence-corrected chi connectivity index (χ0v) is 15.0. The minimum absolute atomic E-state index is 0.110. The number of furan rings is 1. The number of carboxylic acids is 1. The van der Waals surface area contributed by atoms with Crippen LogP contribution in [-0.2, 0) is 15.8 Å². The second-order valence-corrected chi connectivity index (χ2v) is 7.12. The molecule has 1 N–H and O–H groups in total. The normalized spacial score (nSPS) is 16.4. The summed E-state index contributed by atoms with van der Waals surface area (Å²) in [5, 5.41) is 8.81. The van der Waals surface area contributed by atoms with Gasteiger partial charge < -0.3 is 9.52 Å². The molecule has 27 heavy (non-hydrogen) atoms. The number of hydrogen-bond donors (Lipinski definition) is 1. The Balaban J connectivity index is 1.85. The molecule has 1 aliphatic heterocycles. The second-order valence-electron chi connectivity index (χ2n) is 5.44. The zero-order chi connectivity index (χ0) is 19.8. The van der Waals surface area contributed by atoms with E-state index in [2.05, 4.69) is 0 Å². The standard InChI is InChI=1S/C17H10F3NO4S2/c18-17(19,20)10-3-1-2-9(6-10)12-5-4-11(25-12)7-13-15(24)21(8-14(22)23)16(26)27-13/h1-7H,8H2,(H,22,23)/b13-7-. The maximum Gasteiger partial charge on any atom is 0.416 e. The topological polar surface area (TPSA) is 70.8 Å². The van der Waals surface area contributed by atoms with Crippen LogP contribution < -0.4 is 0 Å². The quantitative estimate of drug-likeness (QED) is 0.597. The van der Waals surface area contributed by atoms with Crippen molar-refractivity contribution in [2.45, 2.75) is 6.18 Å². The molecule has 1 fully saturated rings. The molecule has 2 aromatic rings. The van der Waals surface area contributed by atoms with Gasteiger partial charge in [0.05, 0.1) is 10.5 Å². The first-order valence-electron chi connectivity index (χ1n) is 7.40. The SMILES string of the molecule is O=C(O)CN1C(=O)/C(=C/c2ccc(-c3cccc(C(F)(F)F)c3)o2)SC1=S. The molecule has 1 aromatic carbocycles. The number of alkyl halides is 3. The number of carbonyl (C=O) groups is 2. The van der Waals surface area contributed by atoms with Gasteiger partial charge in [-0.3, -0.25) is 14.5 Å². The Labute approximate surface area is 160 Å². The van der Waals surface area contributed by atoms with E-state index in [1.54, 1.807) is 0 Å². The molecule has 0 bridgehead atoms. The monoisotopic (exact) mass is 413 g/mol. The van der Waals surface area contributed by atoms with Gasteiger partial charge in [0.25, 0.3) is 5.91 Å². The van der Waals surface area contributed by atoms with Crippen molar-refractivity contribution in [3.63, 3.8) is 0 Å². The molecule has 0 aliphatic carbocycles. The number of thioether (sulfide) groups is 1. The average molecular weight is 413 g/mol. The Bertz CT molecular complexity index is 965. The maximum absolute atomic E-state index is 12.8. The van der Waals surface area contributed by atoms with Gasteiger partial charge in [0.15, 0.2) is 0 Å². The summed E-state index contributed by atoms with van der Waals surface area (Å²) < 4.78 is 44.1. The van der Waals surface area contributed by atoms with Gasteiger partial charge in [0, 0.05) is 11.6 Å². The van der Waals surface area contributed by atoms with E-state index in [-0.39, 0.29) is 26.3 Å². The number of amides is 1. The molecule has 1 aliphatic rings. The van der Waals surface area contributed by atoms with E-state index in [0.29, 0.717) is 0 Å². The summed E-state index contributed by atoms with van der Waals surface area (Å²) in [6.45, 7) is -0.546. The molecule has 1 aromatic heterocycles. The number of nitrogens with zero attached hydrogens (tertiary/aromatic N) is 1. The highest BCUT2D eigenvalue weighted by molar-refractivity contribution is 8.26. The molecule has 1 amide bonds. The minimum atomic E-state index is -4.47. The number of carbonyl (C=O) groups excluding carboxylic acids is 1. The van der Waals surface area contributed by atoms with Gasteiger partial charge in [0.2, 0.25) is 0 Å². The van der Waals surface area contributed by atoms with Gasteiger partial charge in [-0.15, -0.1) is 0 Å². The molecule has 5 nitrogen and oxygen atoms in total. The highest BCUT2D eigenvalue weighted by Gasteiger charge is 2.34. The summed E-state index contributed by atoms with van der Waals surface area (Å²) in [5.41, 5.74) is -0.560. The van der Waals surface area contributed by atoms with E-state index < -0.39 is 30.2 Å². The first-order chi connectivity index (χ1) is 12.6. The van der Waals surface area contributed by atoms with Gasteiger partial charge in [-0.25, -0.2) is 0 Å². The van der Waals surface area contributed by atoms with Gasteiger partial charge in [-0.2, -0.15) is 13.2 Å². The molecule has 3 rings (SSSR count). The molecule has 0 saturated carbocycles. The van der Waals surface area contributed by atoms with Crippen LogP contribution >= 0.6 is 24.0 Å². The Morgan fingerprint density at radius 2 is 2.04 bits per heavy atom. The van der Waals surface area contributed by atoms with Crippen molar-refractivity contribution in [3.8, 4) is 11.3 Å². The van der Waals surface area contributed by atoms with Crippen LogP contribution in [0, 0.1) is 0 Å². The number of hydrogen-bond acceptors (Lipinski definition) is 5. The first-order valence-corrected chi connectivity index (χ1v) is 8.62. The van der Waals surface area contributed by atoms with Gasteiger partial charge >= 0.3 is 12.1 Å². The van der Waals surface area contributed by atoms with Crippen LogP contribution in [0.1, 0.15) is 11.3 Å². The molecule has 10 heteroatoms. The number of halogens is 3. The number of rotatable bonds is 4. The average Bonchev–Trinajstić information content (AvgIpc) is 3.15. The number of thiocarbonyl (C=S) groups is 1. The third-order valence-corrected chi connectivity index (χ3v) is 4.92. The van der Waals surface area contributed by atoms with Crippen molar-refractivity contribution in [2.24, 2.45) is 0 Å². The summed E-state index contributed by atoms with van der Waals surface area (Å²) in [6.07, 6.45) is -3.10. The Morgan fingerprint density at radius 3 is 2.70 bits per heavy atom. The van der Waals surface area contributed by atoms with Crippen LogP contribution in [0.15, 0.2) is 45.7 Å². The van der Waals surface area contributed by atoms with E-state index >= 15 is 0 Å². The Kier molecular flexibility index (Phi) is 5.11. The minimum Gasteiger partial charge on any atom is -0.480 e. The number of benzene rings is 1. The lowest BCUT2D eigenvalue weighted by Gasteiger charge is -2.09. The third kappa shape index (κ3) is 4.22.